The molecule has 16 heteroatoms. The van der Waals surface area contributed by atoms with Crippen molar-refractivity contribution in [3.8, 4) is 22.9 Å². The second kappa shape index (κ2) is 13.6. The number of hydrogen-bond donors (Lipinski definition) is 3. The number of hydrogen-bond acceptors (Lipinski definition) is 11. The van der Waals surface area contributed by atoms with Gasteiger partial charge in [-0.05, 0) is 50.7 Å². The Hall–Kier alpha value is -4.57. The molecular formula is C34H49N9O6Si. The van der Waals surface area contributed by atoms with Crippen LogP contribution in [0.1, 0.15) is 58.2 Å². The van der Waals surface area contributed by atoms with Gasteiger partial charge in [0.15, 0.2) is 31.3 Å². The summed E-state index contributed by atoms with van der Waals surface area (Å²) in [4.78, 5) is 28.3. The van der Waals surface area contributed by atoms with Gasteiger partial charge in [-0.1, -0.05) is 20.8 Å². The number of carbonyl (C=O) groups is 1. The van der Waals surface area contributed by atoms with Crippen LogP contribution in [-0.4, -0.2) is 95.4 Å². The van der Waals surface area contributed by atoms with Crippen LogP contribution in [0.5, 0.6) is 17.2 Å². The van der Waals surface area contributed by atoms with E-state index in [2.05, 4.69) is 54.4 Å². The predicted molar refractivity (Wildman–Crippen MR) is 193 cm³/mol. The van der Waals surface area contributed by atoms with Crippen molar-refractivity contribution in [3.63, 3.8) is 0 Å². The summed E-state index contributed by atoms with van der Waals surface area (Å²) in [7, 11) is 2.76. The number of imidazole rings is 1. The highest BCUT2D eigenvalue weighted by molar-refractivity contribution is 6.74. The molecule has 1 atom stereocenters. The number of rotatable bonds is 12. The number of amides is 1. The second-order valence-corrected chi connectivity index (χ2v) is 19.4. The van der Waals surface area contributed by atoms with Crippen LogP contribution in [0.25, 0.3) is 16.7 Å². The monoisotopic (exact) mass is 707 g/mol. The fourth-order valence-electron chi connectivity index (χ4n) is 6.45. The minimum Gasteiger partial charge on any atom is -0.493 e. The molecule has 50 heavy (non-hydrogen) atoms. The maximum absolute atomic E-state index is 11.3. The van der Waals surface area contributed by atoms with Gasteiger partial charge in [-0.3, -0.25) is 0 Å². The Labute approximate surface area is 293 Å². The van der Waals surface area contributed by atoms with Crippen LogP contribution in [0.3, 0.4) is 0 Å². The molecule has 0 radical (unpaired) electrons. The summed E-state index contributed by atoms with van der Waals surface area (Å²) in [5.74, 6) is 3.30. The Kier molecular flexibility index (Phi) is 9.61. The zero-order chi connectivity index (χ0) is 36.0. The highest BCUT2D eigenvalue weighted by atomic mass is 28.4. The van der Waals surface area contributed by atoms with Gasteiger partial charge in [-0.15, -0.1) is 0 Å². The first kappa shape index (κ1) is 35.3. The maximum Gasteiger partial charge on any atom is 0.404 e. The minimum absolute atomic E-state index is 0.00850. The van der Waals surface area contributed by atoms with Crippen LogP contribution in [0, 0.1) is 6.92 Å². The van der Waals surface area contributed by atoms with E-state index in [-0.39, 0.29) is 23.2 Å². The van der Waals surface area contributed by atoms with Gasteiger partial charge in [0, 0.05) is 24.7 Å². The smallest absolute Gasteiger partial charge is 0.404 e. The molecule has 15 nitrogen and oxygen atoms in total. The molecule has 1 aliphatic heterocycles. The number of aromatic nitrogens is 6. The Morgan fingerprint density at radius 1 is 1.08 bits per heavy atom. The molecule has 1 aromatic carbocycles. The number of anilines is 3. The first-order valence-corrected chi connectivity index (χ1v) is 19.9. The molecule has 1 saturated heterocycles. The third kappa shape index (κ3) is 6.77. The molecule has 1 saturated carbocycles. The highest BCUT2D eigenvalue weighted by Crippen LogP contribution is 2.42. The van der Waals surface area contributed by atoms with E-state index in [4.69, 9.17) is 33.7 Å². The lowest BCUT2D eigenvalue weighted by molar-refractivity contribution is 0.165. The van der Waals surface area contributed by atoms with E-state index in [0.29, 0.717) is 54.1 Å². The molecule has 4 aromatic rings. The summed E-state index contributed by atoms with van der Waals surface area (Å²) in [5, 5.41) is 21.1. The third-order valence-corrected chi connectivity index (χ3v) is 14.9. The van der Waals surface area contributed by atoms with E-state index in [1.54, 1.807) is 27.7 Å². The van der Waals surface area contributed by atoms with Crippen molar-refractivity contribution in [2.45, 2.75) is 89.6 Å². The molecule has 0 bridgehead atoms. The van der Waals surface area contributed by atoms with Gasteiger partial charge in [-0.25, -0.2) is 14.5 Å². The second-order valence-electron chi connectivity index (χ2n) is 14.6. The molecule has 6 rings (SSSR count). The van der Waals surface area contributed by atoms with E-state index in [0.717, 1.165) is 42.0 Å². The predicted octanol–water partition coefficient (Wildman–Crippen LogP) is 6.05. The van der Waals surface area contributed by atoms with Crippen LogP contribution in [0.2, 0.25) is 18.1 Å². The van der Waals surface area contributed by atoms with Crippen molar-refractivity contribution in [2.75, 3.05) is 44.7 Å². The Bertz CT molecular complexity index is 1840. The molecule has 0 spiro atoms. The summed E-state index contributed by atoms with van der Waals surface area (Å²) in [6.45, 7) is 14.8. The van der Waals surface area contributed by atoms with E-state index in [9.17, 15) is 9.90 Å². The number of ether oxygens (including phenoxy) is 3. The van der Waals surface area contributed by atoms with Gasteiger partial charge in [0.1, 0.15) is 12.1 Å². The number of nitrogens with one attached hydrogen (secondary N) is 2. The topological polar surface area (TPSA) is 163 Å². The van der Waals surface area contributed by atoms with E-state index < -0.39 is 14.4 Å². The normalized spacial score (nSPS) is 19.4. The highest BCUT2D eigenvalue weighted by Gasteiger charge is 2.40. The summed E-state index contributed by atoms with van der Waals surface area (Å²) < 4.78 is 27.1. The molecular weight excluding hydrogens is 659 g/mol. The number of benzene rings is 1. The zero-order valence-electron chi connectivity index (χ0n) is 30.4. The molecule has 1 aliphatic carbocycles. The lowest BCUT2D eigenvalue weighted by Gasteiger charge is -2.38. The lowest BCUT2D eigenvalue weighted by atomic mass is 9.87. The third-order valence-electron chi connectivity index (χ3n) is 10.4. The van der Waals surface area contributed by atoms with Crippen molar-refractivity contribution in [1.29, 1.82) is 0 Å². The molecule has 3 N–H and O–H groups in total. The fourth-order valence-corrected chi connectivity index (χ4v) is 7.49. The van der Waals surface area contributed by atoms with Gasteiger partial charge in [-0.2, -0.15) is 15.1 Å². The molecule has 2 aliphatic rings. The van der Waals surface area contributed by atoms with Crippen molar-refractivity contribution in [1.82, 2.24) is 34.6 Å². The van der Waals surface area contributed by atoms with Crippen LogP contribution in [0.4, 0.5) is 22.4 Å². The van der Waals surface area contributed by atoms with Gasteiger partial charge in [0.05, 0.1) is 63.0 Å². The lowest BCUT2D eigenvalue weighted by Crippen LogP contribution is -2.45. The maximum atomic E-state index is 11.3. The van der Waals surface area contributed by atoms with Gasteiger partial charge in [0.25, 0.3) is 0 Å². The Morgan fingerprint density at radius 3 is 2.40 bits per heavy atom. The molecule has 270 valence electrons. The first-order chi connectivity index (χ1) is 23.7. The SMILES string of the molecule is COc1cc(-n2cnc(Nc3nc(N4CCC[C@H]4CO[Si](C)(C)C(C)(C)C)c4c(C)nn([C@H]5C[C@H](NC(=O)O)C5)c4n3)c2)cc(OC)c1OC. The van der Waals surface area contributed by atoms with E-state index in [1.165, 1.54) is 0 Å². The van der Waals surface area contributed by atoms with Gasteiger partial charge >= 0.3 is 6.09 Å². The summed E-state index contributed by atoms with van der Waals surface area (Å²) in [6.07, 6.45) is 5.81. The van der Waals surface area contributed by atoms with Crippen LogP contribution >= 0.6 is 0 Å². The van der Waals surface area contributed by atoms with Crippen molar-refractivity contribution >= 4 is 43.0 Å². The van der Waals surface area contributed by atoms with Gasteiger partial charge < -0.3 is 43.8 Å². The standard InChI is InChI=1S/C34H49N9O6Si/c1-20-28-30(42-12-10-11-22(42)18-49-50(8,9)34(2,3)4)38-32(39-31(28)43(40-20)24-13-21(14-24)36-33(44)45)37-27-17-41(19-35-27)23-15-25(46-5)29(48-7)26(16-23)47-6/h15-17,19,21-22,24,36H,10-14,18H2,1-9H3,(H,44,45)(H,37,38,39)/t21-,22-,24-/m0/s1. The van der Waals surface area contributed by atoms with E-state index >= 15 is 0 Å². The Morgan fingerprint density at radius 2 is 1.78 bits per heavy atom. The molecule has 2 fully saturated rings. The molecule has 0 unspecified atom stereocenters. The number of carboxylic acid groups (broad SMARTS) is 1. The molecule has 4 heterocycles. The van der Waals surface area contributed by atoms with Crippen molar-refractivity contribution in [3.05, 3.63) is 30.4 Å². The number of methoxy groups -OCH3 is 3. The fraction of sp³-hybridized carbons (Fsp3) is 0.559. The summed E-state index contributed by atoms with van der Waals surface area (Å²) in [5.41, 5.74) is 2.30. The molecule has 3 aromatic heterocycles. The van der Waals surface area contributed by atoms with Gasteiger partial charge in [0.2, 0.25) is 11.7 Å². The van der Waals surface area contributed by atoms with Crippen LogP contribution in [0.15, 0.2) is 24.7 Å². The summed E-state index contributed by atoms with van der Waals surface area (Å²) >= 11 is 0. The molecule has 1 amide bonds. The number of fused-ring (bicyclic) bond motifs is 1. The average Bonchev–Trinajstić information content (AvgIpc) is 3.79. The number of nitrogens with zero attached hydrogens (tertiary/aromatic N) is 7. The van der Waals surface area contributed by atoms with E-state index in [1.807, 2.05) is 34.5 Å². The van der Waals surface area contributed by atoms with Crippen molar-refractivity contribution < 1.29 is 28.5 Å². The minimum atomic E-state index is -1.97. The van der Waals surface area contributed by atoms with Crippen LogP contribution < -0.4 is 29.7 Å². The number of aryl methyl sites for hydroxylation is 1. The van der Waals surface area contributed by atoms with Crippen LogP contribution in [-0.2, 0) is 4.43 Å². The zero-order valence-corrected chi connectivity index (χ0v) is 31.4. The Balaban J connectivity index is 1.36. The average molecular weight is 708 g/mol. The van der Waals surface area contributed by atoms with Crippen molar-refractivity contribution in [2.24, 2.45) is 0 Å². The first-order valence-electron chi connectivity index (χ1n) is 17.0. The summed E-state index contributed by atoms with van der Waals surface area (Å²) in [6, 6.07) is 3.74. The largest absolute Gasteiger partial charge is 0.493 e. The quantitative estimate of drug-likeness (QED) is 0.146.